The molecule has 2 N–H and O–H groups in total. The first-order valence-electron chi connectivity index (χ1n) is 11.1. The standard InChI is InChI=1S/C26H32N6O/c1-6-18(14-27-3)23-16-29-25(31-26(23)30-22-11-12-24(33)28-15-22)21-10-8-9-20(13-21)19(7-2)17-32(4)5/h6-10,13-14,16-17,22H,2,11-12,15H2,1,3-5H3,(H,28,33)(H,29,30,31)/b18-6+,19-17+,27-14?. The van der Waals surface area contributed by atoms with Crippen LogP contribution in [0.3, 0.4) is 0 Å². The molecule has 1 amide bonds. The molecule has 0 saturated carbocycles. The molecular weight excluding hydrogens is 412 g/mol. The molecule has 172 valence electrons. The van der Waals surface area contributed by atoms with Gasteiger partial charge in [0.2, 0.25) is 5.91 Å². The number of anilines is 1. The van der Waals surface area contributed by atoms with E-state index < -0.39 is 0 Å². The first-order valence-corrected chi connectivity index (χ1v) is 11.1. The third-order valence-electron chi connectivity index (χ3n) is 5.36. The maximum Gasteiger partial charge on any atom is 0.220 e. The summed E-state index contributed by atoms with van der Waals surface area (Å²) < 4.78 is 0. The number of rotatable bonds is 8. The number of nitrogens with one attached hydrogen (secondary N) is 2. The third-order valence-corrected chi connectivity index (χ3v) is 5.36. The van der Waals surface area contributed by atoms with Crippen molar-refractivity contribution in [3.05, 3.63) is 66.5 Å². The van der Waals surface area contributed by atoms with Crippen LogP contribution >= 0.6 is 0 Å². The predicted octanol–water partition coefficient (Wildman–Crippen LogP) is 4.03. The molecular formula is C26H32N6O. The van der Waals surface area contributed by atoms with E-state index in [9.17, 15) is 4.79 Å². The zero-order chi connectivity index (χ0) is 23.8. The number of amides is 1. The number of carbonyl (C=O) groups excluding carboxylic acids is 1. The third kappa shape index (κ3) is 6.16. The molecule has 1 atom stereocenters. The number of aliphatic imine (C=N–C) groups is 1. The SMILES string of the molecule is C=C/C(=C\N(C)C)c1cccc(-c2ncc(/C(C=NC)=C/C)c(NC3CCC(=O)NC3)n2)c1. The van der Waals surface area contributed by atoms with Crippen LogP contribution in [-0.2, 0) is 4.79 Å². The normalized spacial score (nSPS) is 17.1. The highest BCUT2D eigenvalue weighted by Gasteiger charge is 2.20. The fourth-order valence-corrected chi connectivity index (χ4v) is 3.69. The lowest BCUT2D eigenvalue weighted by Gasteiger charge is -2.25. The summed E-state index contributed by atoms with van der Waals surface area (Å²) in [6.45, 7) is 6.48. The van der Waals surface area contributed by atoms with E-state index in [1.807, 2.05) is 68.7 Å². The average Bonchev–Trinajstić information content (AvgIpc) is 2.82. The van der Waals surface area contributed by atoms with E-state index in [0.29, 0.717) is 18.8 Å². The Hall–Kier alpha value is -3.74. The molecule has 1 unspecified atom stereocenters. The van der Waals surface area contributed by atoms with Gasteiger partial charge in [-0.25, -0.2) is 9.97 Å². The van der Waals surface area contributed by atoms with Crippen molar-refractivity contribution in [1.29, 1.82) is 0 Å². The largest absolute Gasteiger partial charge is 0.383 e. The number of benzene rings is 1. The number of hydrogen-bond donors (Lipinski definition) is 2. The molecule has 1 aliphatic rings. The van der Waals surface area contributed by atoms with Crippen molar-refractivity contribution in [3.8, 4) is 11.4 Å². The van der Waals surface area contributed by atoms with E-state index in [-0.39, 0.29) is 11.9 Å². The molecule has 33 heavy (non-hydrogen) atoms. The molecule has 1 fully saturated rings. The minimum atomic E-state index is 0.0875. The molecule has 1 aromatic heterocycles. The molecule has 0 spiro atoms. The van der Waals surface area contributed by atoms with Crippen molar-refractivity contribution in [2.45, 2.75) is 25.8 Å². The molecule has 0 aliphatic carbocycles. The predicted molar refractivity (Wildman–Crippen MR) is 137 cm³/mol. The molecule has 0 bridgehead atoms. The first-order chi connectivity index (χ1) is 15.9. The van der Waals surface area contributed by atoms with E-state index in [2.05, 4.69) is 33.3 Å². The topological polar surface area (TPSA) is 82.5 Å². The maximum atomic E-state index is 11.6. The highest BCUT2D eigenvalue weighted by molar-refractivity contribution is 6.11. The zero-order valence-corrected chi connectivity index (χ0v) is 19.8. The summed E-state index contributed by atoms with van der Waals surface area (Å²) in [5.74, 6) is 1.44. The summed E-state index contributed by atoms with van der Waals surface area (Å²) in [7, 11) is 5.71. The lowest BCUT2D eigenvalue weighted by Crippen LogP contribution is -2.42. The second kappa shape index (κ2) is 11.2. The fourth-order valence-electron chi connectivity index (χ4n) is 3.69. The quantitative estimate of drug-likeness (QED) is 0.475. The summed E-state index contributed by atoms with van der Waals surface area (Å²) in [5, 5.41) is 6.45. The number of piperidine rings is 1. The van der Waals surface area contributed by atoms with Gasteiger partial charge < -0.3 is 15.5 Å². The zero-order valence-electron chi connectivity index (χ0n) is 19.8. The number of nitrogens with zero attached hydrogens (tertiary/aromatic N) is 4. The first kappa shape index (κ1) is 23.9. The molecule has 7 nitrogen and oxygen atoms in total. The maximum absolute atomic E-state index is 11.6. The van der Waals surface area contributed by atoms with Gasteiger partial charge in [-0.2, -0.15) is 0 Å². The van der Waals surface area contributed by atoms with Crippen molar-refractivity contribution in [2.75, 3.05) is 33.0 Å². The minimum absolute atomic E-state index is 0.0875. The van der Waals surface area contributed by atoms with Gasteiger partial charge in [0.1, 0.15) is 5.82 Å². The molecule has 3 rings (SSSR count). The Morgan fingerprint density at radius 3 is 2.79 bits per heavy atom. The number of aromatic nitrogens is 2. The van der Waals surface area contributed by atoms with Gasteiger partial charge in [-0.05, 0) is 30.5 Å². The Morgan fingerprint density at radius 1 is 1.33 bits per heavy atom. The molecule has 0 radical (unpaired) electrons. The van der Waals surface area contributed by atoms with Gasteiger partial charge in [0.15, 0.2) is 5.82 Å². The van der Waals surface area contributed by atoms with Crippen LogP contribution in [-0.4, -0.2) is 60.7 Å². The van der Waals surface area contributed by atoms with Crippen LogP contribution in [0.5, 0.6) is 0 Å². The van der Waals surface area contributed by atoms with Crippen molar-refractivity contribution >= 4 is 29.1 Å². The number of hydrogen-bond acceptors (Lipinski definition) is 6. The van der Waals surface area contributed by atoms with Gasteiger partial charge in [-0.3, -0.25) is 9.79 Å². The highest BCUT2D eigenvalue weighted by Crippen LogP contribution is 2.27. The molecule has 1 saturated heterocycles. The van der Waals surface area contributed by atoms with Gasteiger partial charge in [-0.1, -0.05) is 36.9 Å². The van der Waals surface area contributed by atoms with Crippen LogP contribution in [0.4, 0.5) is 5.82 Å². The Bertz CT molecular complexity index is 1090. The van der Waals surface area contributed by atoms with Crippen molar-refractivity contribution in [1.82, 2.24) is 20.2 Å². The highest BCUT2D eigenvalue weighted by atomic mass is 16.1. The Labute approximate surface area is 196 Å². The second-order valence-corrected chi connectivity index (χ2v) is 8.10. The van der Waals surface area contributed by atoms with Crippen LogP contribution in [0.15, 0.2) is 60.4 Å². The van der Waals surface area contributed by atoms with E-state index >= 15 is 0 Å². The van der Waals surface area contributed by atoms with Gasteiger partial charge in [0, 0.05) is 75.5 Å². The van der Waals surface area contributed by atoms with E-state index in [0.717, 1.165) is 40.1 Å². The van der Waals surface area contributed by atoms with Gasteiger partial charge in [0.25, 0.3) is 0 Å². The summed E-state index contributed by atoms with van der Waals surface area (Å²) in [4.78, 5) is 27.3. The molecule has 2 aromatic rings. The van der Waals surface area contributed by atoms with E-state index in [4.69, 9.17) is 4.98 Å². The summed E-state index contributed by atoms with van der Waals surface area (Å²) in [5.41, 5.74) is 4.78. The van der Waals surface area contributed by atoms with Crippen LogP contribution in [0.1, 0.15) is 30.9 Å². The fraction of sp³-hybridized carbons (Fsp3) is 0.308. The second-order valence-electron chi connectivity index (χ2n) is 8.10. The van der Waals surface area contributed by atoms with E-state index in [1.54, 1.807) is 13.3 Å². The van der Waals surface area contributed by atoms with Gasteiger partial charge >= 0.3 is 0 Å². The van der Waals surface area contributed by atoms with Crippen LogP contribution < -0.4 is 10.6 Å². The van der Waals surface area contributed by atoms with Crippen molar-refractivity contribution in [3.63, 3.8) is 0 Å². The monoisotopic (exact) mass is 444 g/mol. The Kier molecular flexibility index (Phi) is 8.13. The number of carbonyl (C=O) groups is 1. The smallest absolute Gasteiger partial charge is 0.220 e. The Morgan fingerprint density at radius 2 is 2.15 bits per heavy atom. The van der Waals surface area contributed by atoms with Crippen LogP contribution in [0.2, 0.25) is 0 Å². The molecule has 2 heterocycles. The van der Waals surface area contributed by atoms with Gasteiger partial charge in [-0.15, -0.1) is 0 Å². The average molecular weight is 445 g/mol. The van der Waals surface area contributed by atoms with Gasteiger partial charge in [0.05, 0.1) is 0 Å². The van der Waals surface area contributed by atoms with Crippen LogP contribution in [0.25, 0.3) is 22.5 Å². The van der Waals surface area contributed by atoms with E-state index in [1.165, 1.54) is 0 Å². The van der Waals surface area contributed by atoms with Crippen molar-refractivity contribution < 1.29 is 4.79 Å². The summed E-state index contributed by atoms with van der Waals surface area (Å²) in [6.07, 6.45) is 10.8. The number of allylic oxidation sites excluding steroid dienone is 4. The Balaban J connectivity index is 2.02. The summed E-state index contributed by atoms with van der Waals surface area (Å²) >= 11 is 0. The lowest BCUT2D eigenvalue weighted by molar-refractivity contribution is -0.122. The van der Waals surface area contributed by atoms with Crippen molar-refractivity contribution in [2.24, 2.45) is 4.99 Å². The minimum Gasteiger partial charge on any atom is -0.383 e. The molecule has 1 aromatic carbocycles. The summed E-state index contributed by atoms with van der Waals surface area (Å²) in [6, 6.07) is 8.22. The van der Waals surface area contributed by atoms with Crippen LogP contribution in [0, 0.1) is 0 Å². The molecule has 1 aliphatic heterocycles. The lowest BCUT2D eigenvalue weighted by atomic mass is 10.0. The molecule has 7 heteroatoms.